The fourth-order valence-corrected chi connectivity index (χ4v) is 7.37. The Kier molecular flexibility index (Phi) is 3.72. The van der Waals surface area contributed by atoms with E-state index in [0.717, 1.165) is 37.3 Å². The molecule has 5 unspecified atom stereocenters. The normalized spacial score (nSPS) is 39.3. The molecule has 2 aliphatic carbocycles. The van der Waals surface area contributed by atoms with Crippen LogP contribution >= 0.6 is 15.9 Å². The van der Waals surface area contributed by atoms with E-state index in [2.05, 4.69) is 33.9 Å². The van der Waals surface area contributed by atoms with Crippen molar-refractivity contribution in [3.63, 3.8) is 0 Å². The molecule has 2 fully saturated rings. The molecule has 1 saturated heterocycles. The molecule has 6 heteroatoms. The summed E-state index contributed by atoms with van der Waals surface area (Å²) in [6.45, 7) is 1.06. The molecule has 2 aliphatic heterocycles. The number of likely N-dealkylation sites (tertiary alicyclic amines) is 1. The minimum atomic E-state index is -0.810. The van der Waals surface area contributed by atoms with Crippen LogP contribution in [0.1, 0.15) is 24.0 Å². The third-order valence-corrected chi connectivity index (χ3v) is 8.51. The van der Waals surface area contributed by atoms with Gasteiger partial charge in [0.15, 0.2) is 17.6 Å². The SMILES string of the molecule is COc1ccc2c3c1OC1C(OC)(OC)C(Br)CC4C(C2)N(C)CCC341. The summed E-state index contributed by atoms with van der Waals surface area (Å²) >= 11 is 3.90. The maximum Gasteiger partial charge on any atom is 0.219 e. The molecule has 5 rings (SSSR count). The predicted octanol–water partition coefficient (Wildman–Crippen LogP) is 2.73. The van der Waals surface area contributed by atoms with Crippen LogP contribution in [0.2, 0.25) is 0 Å². The van der Waals surface area contributed by atoms with Gasteiger partial charge in [0, 0.05) is 31.2 Å². The van der Waals surface area contributed by atoms with Crippen LogP contribution in [0, 0.1) is 5.92 Å². The smallest absolute Gasteiger partial charge is 0.219 e. The zero-order valence-electron chi connectivity index (χ0n) is 15.8. The molecular weight excluding hydrogens is 398 g/mol. The third-order valence-electron chi connectivity index (χ3n) is 7.50. The lowest BCUT2D eigenvalue weighted by Crippen LogP contribution is -2.73. The summed E-state index contributed by atoms with van der Waals surface area (Å²) in [5.74, 6) is 1.42. The summed E-state index contributed by atoms with van der Waals surface area (Å²) in [6, 6.07) is 4.80. The predicted molar refractivity (Wildman–Crippen MR) is 101 cm³/mol. The second kappa shape index (κ2) is 5.60. The van der Waals surface area contributed by atoms with Crippen molar-refractivity contribution in [3.05, 3.63) is 23.3 Å². The average Bonchev–Trinajstić information content (AvgIpc) is 3.00. The lowest BCUT2D eigenvalue weighted by atomic mass is 9.50. The lowest BCUT2D eigenvalue weighted by Gasteiger charge is -2.62. The van der Waals surface area contributed by atoms with E-state index >= 15 is 0 Å². The average molecular weight is 424 g/mol. The number of benzene rings is 1. The Morgan fingerprint density at radius 1 is 1.23 bits per heavy atom. The third kappa shape index (κ3) is 1.77. The number of likely N-dealkylation sites (N-methyl/N-ethyl adjacent to an activating group) is 1. The number of nitrogens with zero attached hydrogens (tertiary/aromatic N) is 1. The molecule has 1 aromatic carbocycles. The summed E-state index contributed by atoms with van der Waals surface area (Å²) in [5.41, 5.74) is 2.67. The number of piperidine rings is 1. The number of ether oxygens (including phenoxy) is 4. The number of rotatable bonds is 3. The van der Waals surface area contributed by atoms with Crippen molar-refractivity contribution in [1.29, 1.82) is 0 Å². The minimum absolute atomic E-state index is 0.0731. The van der Waals surface area contributed by atoms with Crippen molar-refractivity contribution in [2.24, 2.45) is 5.92 Å². The van der Waals surface area contributed by atoms with Gasteiger partial charge in [-0.2, -0.15) is 0 Å². The highest BCUT2D eigenvalue weighted by atomic mass is 79.9. The summed E-state index contributed by atoms with van der Waals surface area (Å²) in [7, 11) is 7.44. The molecule has 5 nitrogen and oxygen atoms in total. The second-order valence-electron chi connectivity index (χ2n) is 8.11. The molecule has 0 amide bonds. The van der Waals surface area contributed by atoms with E-state index in [0.29, 0.717) is 12.0 Å². The molecule has 1 saturated carbocycles. The first kappa shape index (κ1) is 17.3. The molecule has 2 bridgehead atoms. The zero-order chi connectivity index (χ0) is 18.3. The Morgan fingerprint density at radius 3 is 2.69 bits per heavy atom. The standard InChI is InChI=1S/C20H26BrNO4/c1-22-8-7-19-12-10-15(21)20(24-3,25-4)18(19)26-17-14(23-2)6-5-11(16(17)19)9-13(12)22/h5-6,12-13,15,18H,7-10H2,1-4H3. The van der Waals surface area contributed by atoms with Crippen LogP contribution in [0.4, 0.5) is 0 Å². The van der Waals surface area contributed by atoms with Crippen molar-refractivity contribution in [2.45, 2.75) is 47.4 Å². The molecule has 0 radical (unpaired) electrons. The fourth-order valence-electron chi connectivity index (χ4n) is 6.35. The largest absolute Gasteiger partial charge is 0.493 e. The van der Waals surface area contributed by atoms with E-state index in [1.807, 2.05) is 6.07 Å². The van der Waals surface area contributed by atoms with Crippen molar-refractivity contribution >= 4 is 15.9 Å². The highest BCUT2D eigenvalue weighted by Crippen LogP contribution is 2.66. The monoisotopic (exact) mass is 423 g/mol. The molecule has 142 valence electrons. The maximum absolute atomic E-state index is 6.68. The van der Waals surface area contributed by atoms with Crippen molar-refractivity contribution in [1.82, 2.24) is 4.90 Å². The quantitative estimate of drug-likeness (QED) is 0.552. The van der Waals surface area contributed by atoms with Gasteiger partial charge in [0.25, 0.3) is 0 Å². The minimum Gasteiger partial charge on any atom is -0.493 e. The number of halogens is 1. The molecule has 5 atom stereocenters. The van der Waals surface area contributed by atoms with Gasteiger partial charge in [0.2, 0.25) is 5.79 Å². The molecule has 0 N–H and O–H groups in total. The number of hydrogen-bond acceptors (Lipinski definition) is 5. The van der Waals surface area contributed by atoms with Crippen LogP contribution < -0.4 is 9.47 Å². The van der Waals surface area contributed by atoms with Crippen LogP contribution in [0.25, 0.3) is 0 Å². The molecule has 1 spiro atoms. The van der Waals surface area contributed by atoms with Crippen LogP contribution in [-0.4, -0.2) is 62.6 Å². The molecule has 2 heterocycles. The Balaban J connectivity index is 1.80. The maximum atomic E-state index is 6.68. The first-order chi connectivity index (χ1) is 12.5. The van der Waals surface area contributed by atoms with E-state index in [4.69, 9.17) is 18.9 Å². The van der Waals surface area contributed by atoms with Gasteiger partial charge in [-0.05, 0) is 50.4 Å². The summed E-state index contributed by atoms with van der Waals surface area (Å²) < 4.78 is 24.4. The van der Waals surface area contributed by atoms with Crippen LogP contribution in [0.5, 0.6) is 11.5 Å². The van der Waals surface area contributed by atoms with Gasteiger partial charge in [-0.15, -0.1) is 0 Å². The molecule has 0 aromatic heterocycles. The Hall–Kier alpha value is -0.820. The van der Waals surface area contributed by atoms with Crippen LogP contribution in [0.15, 0.2) is 12.1 Å². The number of methoxy groups -OCH3 is 3. The van der Waals surface area contributed by atoms with E-state index in [1.54, 1.807) is 21.3 Å². The van der Waals surface area contributed by atoms with Crippen LogP contribution in [0.3, 0.4) is 0 Å². The van der Waals surface area contributed by atoms with Gasteiger partial charge in [0.05, 0.1) is 11.9 Å². The van der Waals surface area contributed by atoms with E-state index < -0.39 is 5.79 Å². The van der Waals surface area contributed by atoms with Gasteiger partial charge >= 0.3 is 0 Å². The number of alkyl halides is 1. The Morgan fingerprint density at radius 2 is 2.00 bits per heavy atom. The summed E-state index contributed by atoms with van der Waals surface area (Å²) in [4.78, 5) is 2.61. The van der Waals surface area contributed by atoms with E-state index in [-0.39, 0.29) is 16.3 Å². The molecule has 26 heavy (non-hydrogen) atoms. The Bertz CT molecular complexity index is 752. The van der Waals surface area contributed by atoms with Crippen LogP contribution in [-0.2, 0) is 21.3 Å². The summed E-state index contributed by atoms with van der Waals surface area (Å²) in [6.07, 6.45) is 2.94. The van der Waals surface area contributed by atoms with Gasteiger partial charge < -0.3 is 23.8 Å². The zero-order valence-corrected chi connectivity index (χ0v) is 17.3. The van der Waals surface area contributed by atoms with Crippen molar-refractivity contribution in [2.75, 3.05) is 34.9 Å². The first-order valence-corrected chi connectivity index (χ1v) is 10.3. The molecular formula is C20H26BrNO4. The second-order valence-corrected chi connectivity index (χ2v) is 9.22. The van der Waals surface area contributed by atoms with Crippen molar-refractivity contribution < 1.29 is 18.9 Å². The van der Waals surface area contributed by atoms with E-state index in [9.17, 15) is 0 Å². The molecule has 1 aromatic rings. The Labute approximate surface area is 163 Å². The molecule has 4 aliphatic rings. The van der Waals surface area contributed by atoms with Gasteiger partial charge in [0.1, 0.15) is 0 Å². The lowest BCUT2D eigenvalue weighted by molar-refractivity contribution is -0.286. The highest BCUT2D eigenvalue weighted by molar-refractivity contribution is 9.09. The fraction of sp³-hybridized carbons (Fsp3) is 0.700. The van der Waals surface area contributed by atoms with Gasteiger partial charge in [-0.3, -0.25) is 0 Å². The topological polar surface area (TPSA) is 40.2 Å². The van der Waals surface area contributed by atoms with Gasteiger partial charge in [-0.25, -0.2) is 0 Å². The highest BCUT2D eigenvalue weighted by Gasteiger charge is 2.72. The summed E-state index contributed by atoms with van der Waals surface area (Å²) in [5, 5.41) is 0. The van der Waals surface area contributed by atoms with E-state index in [1.165, 1.54) is 11.1 Å². The number of hydrogen-bond donors (Lipinski definition) is 0. The van der Waals surface area contributed by atoms with Gasteiger partial charge in [-0.1, -0.05) is 22.0 Å². The first-order valence-electron chi connectivity index (χ1n) is 9.35. The van der Waals surface area contributed by atoms with Crippen molar-refractivity contribution in [3.8, 4) is 11.5 Å².